The maximum absolute atomic E-state index is 15.1. The van der Waals surface area contributed by atoms with E-state index < -0.39 is 0 Å². The zero-order valence-corrected chi connectivity index (χ0v) is 26.1. The minimum absolute atomic E-state index is 0.00195. The molecule has 0 radical (unpaired) electrons. The maximum Gasteiger partial charge on any atom is 0.213 e. The molecule has 0 saturated heterocycles. The predicted molar refractivity (Wildman–Crippen MR) is 165 cm³/mol. The fourth-order valence-electron chi connectivity index (χ4n) is 6.61. The molecule has 224 valence electrons. The number of ether oxygens (including phenoxy) is 2. The number of methoxy groups -OCH3 is 1. The number of nitrogens with zero attached hydrogens (tertiary/aromatic N) is 2. The average molecular weight is 573 g/mol. The summed E-state index contributed by atoms with van der Waals surface area (Å²) >= 11 is 0. The van der Waals surface area contributed by atoms with E-state index in [9.17, 15) is 4.79 Å². The number of carbonyl (C=O) groups is 1. The van der Waals surface area contributed by atoms with Crippen molar-refractivity contribution in [2.24, 2.45) is 11.8 Å². The molecule has 5 nitrogen and oxygen atoms in total. The number of fused-ring (bicyclic) bond motifs is 1. The van der Waals surface area contributed by atoms with Crippen molar-refractivity contribution in [2.75, 3.05) is 7.11 Å². The van der Waals surface area contributed by atoms with Crippen LogP contribution < -0.4 is 9.47 Å². The second-order valence-corrected chi connectivity index (χ2v) is 12.8. The zero-order chi connectivity index (χ0) is 30.1. The Morgan fingerprint density at radius 3 is 2.40 bits per heavy atom. The van der Waals surface area contributed by atoms with Gasteiger partial charge in [0.2, 0.25) is 5.88 Å². The Morgan fingerprint density at radius 1 is 1.02 bits per heavy atom. The van der Waals surface area contributed by atoms with Crippen LogP contribution in [0.5, 0.6) is 11.6 Å². The van der Waals surface area contributed by atoms with Gasteiger partial charge in [-0.05, 0) is 106 Å². The molecule has 0 bridgehead atoms. The summed E-state index contributed by atoms with van der Waals surface area (Å²) in [5, 5.41) is 0. The number of rotatable bonds is 11. The number of ketones is 1. The molecule has 1 aromatic heterocycles. The Morgan fingerprint density at radius 2 is 1.76 bits per heavy atom. The molecule has 1 aliphatic heterocycles. The summed E-state index contributed by atoms with van der Waals surface area (Å²) in [6, 6.07) is 15.2. The summed E-state index contributed by atoms with van der Waals surface area (Å²) in [6.07, 6.45) is 5.30. The van der Waals surface area contributed by atoms with Crippen molar-refractivity contribution in [3.8, 4) is 22.8 Å². The van der Waals surface area contributed by atoms with Crippen LogP contribution in [0.4, 0.5) is 4.39 Å². The van der Waals surface area contributed by atoms with Crippen LogP contribution in [0.1, 0.15) is 95.1 Å². The predicted octanol–water partition coefficient (Wildman–Crippen LogP) is 8.30. The van der Waals surface area contributed by atoms with E-state index in [0.717, 1.165) is 35.3 Å². The van der Waals surface area contributed by atoms with Crippen LogP contribution in [0.15, 0.2) is 48.7 Å². The molecule has 1 fully saturated rings. The van der Waals surface area contributed by atoms with Gasteiger partial charge >= 0.3 is 0 Å². The first-order valence-corrected chi connectivity index (χ1v) is 15.5. The molecule has 2 aromatic carbocycles. The number of hydrogen-bond donors (Lipinski definition) is 0. The normalized spacial score (nSPS) is 18.1. The molecule has 3 atom stereocenters. The molecular weight excluding hydrogens is 527 g/mol. The van der Waals surface area contributed by atoms with Gasteiger partial charge in [0.1, 0.15) is 23.5 Å². The van der Waals surface area contributed by atoms with E-state index in [2.05, 4.69) is 74.8 Å². The van der Waals surface area contributed by atoms with Gasteiger partial charge in [-0.2, -0.15) is 0 Å². The van der Waals surface area contributed by atoms with E-state index in [1.807, 2.05) is 6.07 Å². The maximum atomic E-state index is 15.1. The Hall–Kier alpha value is -3.25. The summed E-state index contributed by atoms with van der Waals surface area (Å²) < 4.78 is 27.2. The summed E-state index contributed by atoms with van der Waals surface area (Å²) in [5.41, 5.74) is 5.90. The third kappa shape index (κ3) is 6.39. The second-order valence-electron chi connectivity index (χ2n) is 12.8. The van der Waals surface area contributed by atoms with E-state index >= 15 is 4.39 Å². The highest BCUT2D eigenvalue weighted by Crippen LogP contribution is 2.48. The van der Waals surface area contributed by atoms with Crippen LogP contribution in [-0.4, -0.2) is 34.9 Å². The van der Waals surface area contributed by atoms with Crippen LogP contribution in [0.2, 0.25) is 0 Å². The molecular formula is C36H45FN2O3. The van der Waals surface area contributed by atoms with Crippen LogP contribution in [0.3, 0.4) is 0 Å². The van der Waals surface area contributed by atoms with Crippen molar-refractivity contribution in [3.05, 3.63) is 76.7 Å². The van der Waals surface area contributed by atoms with Gasteiger partial charge in [0.25, 0.3) is 0 Å². The van der Waals surface area contributed by atoms with Gasteiger partial charge in [-0.25, -0.2) is 9.37 Å². The summed E-state index contributed by atoms with van der Waals surface area (Å²) in [4.78, 5) is 18.8. The number of aryl methyl sites for hydroxylation is 1. The highest BCUT2D eigenvalue weighted by atomic mass is 19.1. The van der Waals surface area contributed by atoms with Crippen molar-refractivity contribution in [1.29, 1.82) is 0 Å². The highest BCUT2D eigenvalue weighted by Gasteiger charge is 2.38. The lowest BCUT2D eigenvalue weighted by molar-refractivity contribution is -0.121. The number of carbonyl (C=O) groups excluding carboxylic acids is 1. The van der Waals surface area contributed by atoms with Crippen LogP contribution in [-0.2, 0) is 17.8 Å². The molecule has 0 amide bonds. The topological polar surface area (TPSA) is 51.7 Å². The third-order valence-electron chi connectivity index (χ3n) is 9.24. The lowest BCUT2D eigenvalue weighted by Gasteiger charge is -2.32. The lowest BCUT2D eigenvalue weighted by atomic mass is 9.80. The van der Waals surface area contributed by atoms with Gasteiger partial charge in [0.05, 0.1) is 13.3 Å². The molecule has 6 heteroatoms. The first-order chi connectivity index (χ1) is 20.1. The first kappa shape index (κ1) is 30.2. The number of benzene rings is 2. The minimum atomic E-state index is -0.370. The first-order valence-electron chi connectivity index (χ1n) is 15.5. The Bertz CT molecular complexity index is 1420. The third-order valence-corrected chi connectivity index (χ3v) is 9.24. The van der Waals surface area contributed by atoms with E-state index in [-0.39, 0.29) is 29.5 Å². The molecule has 0 spiro atoms. The summed E-state index contributed by atoms with van der Waals surface area (Å²) in [6.45, 7) is 13.2. The number of halogens is 1. The van der Waals surface area contributed by atoms with Gasteiger partial charge < -0.3 is 9.47 Å². The highest BCUT2D eigenvalue weighted by molar-refractivity contribution is 5.79. The zero-order valence-electron chi connectivity index (χ0n) is 26.1. The van der Waals surface area contributed by atoms with E-state index in [4.69, 9.17) is 9.47 Å². The van der Waals surface area contributed by atoms with E-state index in [1.165, 1.54) is 30.2 Å². The molecule has 5 rings (SSSR count). The molecule has 1 aliphatic carbocycles. The molecule has 3 aromatic rings. The van der Waals surface area contributed by atoms with Gasteiger partial charge in [-0.3, -0.25) is 9.69 Å². The second kappa shape index (κ2) is 12.5. The minimum Gasteiger partial charge on any atom is -0.485 e. The average Bonchev–Trinajstić information content (AvgIpc) is 3.80. The molecule has 0 N–H and O–H groups in total. The molecule has 1 saturated carbocycles. The fourth-order valence-corrected chi connectivity index (χ4v) is 6.61. The molecule has 1 unspecified atom stereocenters. The number of pyridine rings is 1. The van der Waals surface area contributed by atoms with E-state index in [1.54, 1.807) is 20.1 Å². The van der Waals surface area contributed by atoms with E-state index in [0.29, 0.717) is 36.0 Å². The van der Waals surface area contributed by atoms with Crippen LogP contribution in [0, 0.1) is 17.7 Å². The van der Waals surface area contributed by atoms with Gasteiger partial charge in [0.15, 0.2) is 0 Å². The lowest BCUT2D eigenvalue weighted by Crippen LogP contribution is -2.36. The quantitative estimate of drug-likeness (QED) is 0.231. The van der Waals surface area contributed by atoms with Crippen LogP contribution >= 0.6 is 0 Å². The van der Waals surface area contributed by atoms with Gasteiger partial charge in [-0.15, -0.1) is 0 Å². The Labute approximate surface area is 250 Å². The monoisotopic (exact) mass is 572 g/mol. The fraction of sp³-hybridized carbons (Fsp3) is 0.500. The number of hydrogen-bond acceptors (Lipinski definition) is 5. The molecule has 2 aliphatic rings. The van der Waals surface area contributed by atoms with Crippen molar-refractivity contribution < 1.29 is 18.7 Å². The van der Waals surface area contributed by atoms with Crippen molar-refractivity contribution >= 4 is 5.78 Å². The largest absolute Gasteiger partial charge is 0.485 e. The number of Topliss-reactive ketones (excluding diaryl/α,β-unsaturated/α-hetero) is 1. The summed E-state index contributed by atoms with van der Waals surface area (Å²) in [7, 11) is 1.55. The van der Waals surface area contributed by atoms with Crippen LogP contribution in [0.25, 0.3) is 11.1 Å². The number of aromatic nitrogens is 1. The smallest absolute Gasteiger partial charge is 0.213 e. The van der Waals surface area contributed by atoms with Crippen molar-refractivity contribution in [2.45, 2.75) is 97.9 Å². The SMILES string of the molecule is COc1cc(-c2ccc(C3CCc4ccc([C@H](C5CC5)[C@H](C)C(C)=O)cc4O3)cc2CN(C(C)C)C(C)C)c(F)cn1. The van der Waals surface area contributed by atoms with Gasteiger partial charge in [0, 0.05) is 36.2 Å². The summed E-state index contributed by atoms with van der Waals surface area (Å²) in [5.74, 6) is 2.01. The molecule has 42 heavy (non-hydrogen) atoms. The Balaban J connectivity index is 1.50. The van der Waals surface area contributed by atoms with Crippen molar-refractivity contribution in [3.63, 3.8) is 0 Å². The van der Waals surface area contributed by atoms with Gasteiger partial charge in [-0.1, -0.05) is 37.3 Å². The molecule has 2 heterocycles. The standard InChI is InChI=1S/C36H45FN2O3/c1-21(2)39(22(3)4)20-29-16-27(12-14-30(29)31-18-35(41-7)38-19-32(31)37)33-15-13-25-8-11-28(17-34(25)42-33)36(26-9-10-26)23(5)24(6)40/h8,11-12,14,16-19,21-23,26,33,36H,9-10,13,15,20H2,1-7H3/t23-,33?,36+/m1/s1. The van der Waals surface area contributed by atoms with Crippen molar-refractivity contribution in [1.82, 2.24) is 9.88 Å². The Kier molecular flexibility index (Phi) is 9.03.